The van der Waals surface area contributed by atoms with Crippen molar-refractivity contribution in [1.29, 1.82) is 10.5 Å². The molecule has 0 radical (unpaired) electrons. The molecule has 0 N–H and O–H groups in total. The monoisotopic (exact) mass is 726 g/mol. The van der Waals surface area contributed by atoms with Crippen LogP contribution in [0.1, 0.15) is 77.9 Å². The third kappa shape index (κ3) is 6.57. The fourth-order valence-electron chi connectivity index (χ4n) is 10.9. The van der Waals surface area contributed by atoms with Crippen LogP contribution >= 0.6 is 0 Å². The molecule has 0 aliphatic rings. The van der Waals surface area contributed by atoms with Crippen LogP contribution in [0.5, 0.6) is 0 Å². The van der Waals surface area contributed by atoms with Gasteiger partial charge >= 0.3 is 0 Å². The van der Waals surface area contributed by atoms with Crippen molar-refractivity contribution in [3.8, 4) is 23.8 Å². The fourth-order valence-corrected chi connectivity index (χ4v) is 10.9. The average Bonchev–Trinajstić information content (AvgIpc) is 3.11. The van der Waals surface area contributed by atoms with Crippen LogP contribution in [0.25, 0.3) is 0 Å². The number of nitriles is 2. The summed E-state index contributed by atoms with van der Waals surface area (Å²) in [7, 11) is 0. The molecule has 0 saturated carbocycles. The van der Waals surface area contributed by atoms with Crippen LogP contribution in [0.3, 0.4) is 0 Å². The van der Waals surface area contributed by atoms with Crippen molar-refractivity contribution in [2.24, 2.45) is 0 Å². The zero-order valence-electron chi connectivity index (χ0n) is 35.3. The van der Waals surface area contributed by atoms with E-state index in [2.05, 4.69) is 180 Å². The molecule has 0 bridgehead atoms. The van der Waals surface area contributed by atoms with Crippen molar-refractivity contribution in [3.05, 3.63) is 175 Å². The first-order chi connectivity index (χ1) is 26.6. The predicted octanol–water partition coefficient (Wildman–Crippen LogP) is 7.85. The van der Waals surface area contributed by atoms with E-state index in [1.807, 2.05) is 24.3 Å². The van der Waals surface area contributed by atoms with Crippen LogP contribution in [-0.4, -0.2) is 12.3 Å². The quantitative estimate of drug-likeness (QED) is 0.130. The molecule has 0 heterocycles. The zero-order chi connectivity index (χ0) is 40.7. The first kappa shape index (κ1) is 39.7. The summed E-state index contributed by atoms with van der Waals surface area (Å²) in [6, 6.07) is 34.1. The van der Waals surface area contributed by atoms with E-state index in [0.717, 1.165) is 88.4 Å². The zero-order valence-corrected chi connectivity index (χ0v) is 35.3. The number of nitrogens with zero attached hydrogens (tertiary/aromatic N) is 2. The van der Waals surface area contributed by atoms with Gasteiger partial charge in [0.15, 0.2) is 12.3 Å². The lowest BCUT2D eigenvalue weighted by atomic mass is 9.14. The molecule has 0 aliphatic carbocycles. The number of benzene rings is 6. The Hall–Kier alpha value is -6.01. The lowest BCUT2D eigenvalue weighted by Gasteiger charge is -2.42. The van der Waals surface area contributed by atoms with E-state index in [4.69, 9.17) is 0 Å². The van der Waals surface area contributed by atoms with Crippen LogP contribution < -0.4 is 32.8 Å². The maximum absolute atomic E-state index is 11.8. The van der Waals surface area contributed by atoms with Gasteiger partial charge in [0.1, 0.15) is 0 Å². The van der Waals surface area contributed by atoms with Gasteiger partial charge in [0.25, 0.3) is 0 Å². The molecule has 6 aromatic rings. The van der Waals surface area contributed by atoms with Gasteiger partial charge in [-0.15, -0.1) is 11.9 Å². The number of hydrogen-bond donors (Lipinski definition) is 0. The Morgan fingerprint density at radius 1 is 0.339 bits per heavy atom. The van der Waals surface area contributed by atoms with Crippen LogP contribution in [-0.2, 0) is 0 Å². The van der Waals surface area contributed by atoms with Gasteiger partial charge in [0, 0.05) is 0 Å². The second-order valence-electron chi connectivity index (χ2n) is 16.7. The standard InChI is InChI=1S/C52H52B2N2/c1-33-23-37(5)49(38(6)24-33)53(31-55,50-39(7)25-34(2)26-40(50)8)47-19-15-13-17-45(47)21-22-46-18-14-16-20-48(46)54(32-56,51-41(9)27-35(3)28-42(51)10)52-43(11)29-36(4)30-44(52)12/h13-20,23-30H,1-12H3/q-2. The molecule has 4 heteroatoms. The van der Waals surface area contributed by atoms with Crippen LogP contribution in [0.4, 0.5) is 0 Å². The maximum atomic E-state index is 11.8. The van der Waals surface area contributed by atoms with Crippen molar-refractivity contribution >= 4 is 45.1 Å². The highest BCUT2D eigenvalue weighted by Crippen LogP contribution is 2.22. The first-order valence-corrected chi connectivity index (χ1v) is 19.8. The lowest BCUT2D eigenvalue weighted by Crippen LogP contribution is -2.70. The highest BCUT2D eigenvalue weighted by atomic mass is 14.3. The molecule has 6 aromatic carbocycles. The Morgan fingerprint density at radius 3 is 0.768 bits per heavy atom. The van der Waals surface area contributed by atoms with Gasteiger partial charge in [-0.2, -0.15) is 32.8 Å². The van der Waals surface area contributed by atoms with E-state index in [0.29, 0.717) is 0 Å². The molecule has 0 fully saturated rings. The summed E-state index contributed by atoms with van der Waals surface area (Å²) < 4.78 is 0. The summed E-state index contributed by atoms with van der Waals surface area (Å²) in [4.78, 5) is 0. The Labute approximate surface area is 336 Å². The van der Waals surface area contributed by atoms with E-state index in [1.54, 1.807) is 0 Å². The summed E-state index contributed by atoms with van der Waals surface area (Å²) in [5.41, 5.74) is 21.2. The first-order valence-electron chi connectivity index (χ1n) is 19.8. The average molecular weight is 727 g/mol. The van der Waals surface area contributed by atoms with E-state index in [1.165, 1.54) is 22.3 Å². The van der Waals surface area contributed by atoms with E-state index in [-0.39, 0.29) is 0 Å². The minimum absolute atomic E-state index is 0.808. The third-order valence-electron chi connectivity index (χ3n) is 12.3. The molecule has 0 aliphatic heterocycles. The molecule has 0 spiro atoms. The van der Waals surface area contributed by atoms with Gasteiger partial charge < -0.3 is 0 Å². The summed E-state index contributed by atoms with van der Waals surface area (Å²) in [6.07, 6.45) is -4.27. The van der Waals surface area contributed by atoms with E-state index >= 15 is 0 Å². The molecule has 2 nitrogen and oxygen atoms in total. The van der Waals surface area contributed by atoms with Crippen LogP contribution in [0, 0.1) is 117 Å². The smallest absolute Gasteiger partial charge is 0.185 e. The van der Waals surface area contributed by atoms with Gasteiger partial charge in [-0.25, -0.2) is 10.5 Å². The third-order valence-corrected chi connectivity index (χ3v) is 12.3. The minimum atomic E-state index is -2.13. The molecule has 0 unspecified atom stereocenters. The van der Waals surface area contributed by atoms with Crippen molar-refractivity contribution in [3.63, 3.8) is 0 Å². The SMILES string of the molecule is Cc1cc(C)c([B-](C#N)(c2ccccc2C#Cc2ccccc2[B-](C#N)(c2c(C)cc(C)cc2C)c2c(C)cc(C)cc2C)c2c(C)cc(C)cc2C)c(C)c1. The van der Waals surface area contributed by atoms with Crippen molar-refractivity contribution in [2.45, 2.75) is 83.1 Å². The van der Waals surface area contributed by atoms with E-state index in [9.17, 15) is 10.5 Å². The van der Waals surface area contributed by atoms with Crippen molar-refractivity contribution in [2.75, 3.05) is 0 Å². The Kier molecular flexibility index (Phi) is 10.8. The van der Waals surface area contributed by atoms with Gasteiger partial charge in [-0.3, -0.25) is 0 Å². The number of rotatable bonds is 6. The normalized spacial score (nSPS) is 11.4. The molecular formula is C52H52B2N2-2. The molecule has 0 aromatic heterocycles. The number of aryl methyl sites for hydroxylation is 12. The maximum Gasteiger partial charge on any atom is 0.185 e. The molecule has 0 atom stereocenters. The summed E-state index contributed by atoms with van der Waals surface area (Å²) in [5.74, 6) is 13.2. The molecule has 278 valence electrons. The van der Waals surface area contributed by atoms with Gasteiger partial charge in [-0.05, 0) is 106 Å². The summed E-state index contributed by atoms with van der Waals surface area (Å²) in [5, 5.41) is 23.5. The summed E-state index contributed by atoms with van der Waals surface area (Å²) >= 11 is 0. The highest BCUT2D eigenvalue weighted by Gasteiger charge is 2.38. The Morgan fingerprint density at radius 2 is 0.554 bits per heavy atom. The Balaban J connectivity index is 1.71. The van der Waals surface area contributed by atoms with Crippen molar-refractivity contribution in [1.82, 2.24) is 0 Å². The fraction of sp³-hybridized carbons (Fsp3) is 0.231. The molecule has 6 rings (SSSR count). The molecule has 0 saturated heterocycles. The second kappa shape index (κ2) is 15.3. The summed E-state index contributed by atoms with van der Waals surface area (Å²) in [6.45, 7) is 25.6. The van der Waals surface area contributed by atoms with Gasteiger partial charge in [0.2, 0.25) is 0 Å². The number of hydrogen-bond acceptors (Lipinski definition) is 2. The van der Waals surface area contributed by atoms with Gasteiger partial charge in [-0.1, -0.05) is 164 Å². The topological polar surface area (TPSA) is 47.6 Å². The second-order valence-corrected chi connectivity index (χ2v) is 16.7. The largest absolute Gasteiger partial charge is 0.248 e. The van der Waals surface area contributed by atoms with E-state index < -0.39 is 12.3 Å². The van der Waals surface area contributed by atoms with Crippen LogP contribution in [0.2, 0.25) is 0 Å². The Bertz CT molecular complexity index is 2320. The van der Waals surface area contributed by atoms with Gasteiger partial charge in [0.05, 0.1) is 0 Å². The lowest BCUT2D eigenvalue weighted by molar-refractivity contribution is 1.33. The predicted molar refractivity (Wildman–Crippen MR) is 242 cm³/mol. The highest BCUT2D eigenvalue weighted by molar-refractivity contribution is 7.18. The van der Waals surface area contributed by atoms with Crippen LogP contribution in [0.15, 0.2) is 97.1 Å². The molecule has 0 amide bonds. The molecule has 56 heavy (non-hydrogen) atoms. The minimum Gasteiger partial charge on any atom is -0.248 e. The molecular weight excluding hydrogens is 674 g/mol. The van der Waals surface area contributed by atoms with Crippen molar-refractivity contribution < 1.29 is 0 Å².